The van der Waals surface area contributed by atoms with Crippen molar-refractivity contribution in [2.45, 2.75) is 20.0 Å². The van der Waals surface area contributed by atoms with Gasteiger partial charge < -0.3 is 19.6 Å². The molecular weight excluding hydrogens is 282 g/mol. The summed E-state index contributed by atoms with van der Waals surface area (Å²) in [6.07, 6.45) is -0.177. The van der Waals surface area contributed by atoms with Gasteiger partial charge >= 0.3 is 5.63 Å². The van der Waals surface area contributed by atoms with Crippen molar-refractivity contribution in [2.24, 2.45) is 0 Å². The molecule has 1 aromatic carbocycles. The second-order valence-electron chi connectivity index (χ2n) is 4.55. The summed E-state index contributed by atoms with van der Waals surface area (Å²) in [6.45, 7) is 3.86. The Morgan fingerprint density at radius 1 is 1.45 bits per heavy atom. The third-order valence-electron chi connectivity index (χ3n) is 2.59. The van der Waals surface area contributed by atoms with Crippen LogP contribution >= 0.6 is 11.6 Å². The fourth-order valence-corrected chi connectivity index (χ4v) is 2.03. The van der Waals surface area contributed by atoms with Crippen molar-refractivity contribution in [2.75, 3.05) is 18.5 Å². The summed E-state index contributed by atoms with van der Waals surface area (Å²) >= 11 is 5.98. The van der Waals surface area contributed by atoms with Crippen molar-refractivity contribution in [1.82, 2.24) is 0 Å². The summed E-state index contributed by atoms with van der Waals surface area (Å²) in [4.78, 5) is 12.0. The van der Waals surface area contributed by atoms with Crippen molar-refractivity contribution >= 4 is 28.3 Å². The third-order valence-corrected chi connectivity index (χ3v) is 2.83. The second kappa shape index (κ2) is 6.15. The van der Waals surface area contributed by atoms with Crippen LogP contribution in [0.2, 0.25) is 5.02 Å². The first kappa shape index (κ1) is 14.7. The van der Waals surface area contributed by atoms with Crippen LogP contribution < -0.4 is 15.7 Å². The van der Waals surface area contributed by atoms with E-state index < -0.39 is 5.63 Å². The van der Waals surface area contributed by atoms with Crippen LogP contribution in [0.1, 0.15) is 13.8 Å². The highest BCUT2D eigenvalue weighted by Gasteiger charge is 2.17. The van der Waals surface area contributed by atoms with E-state index in [0.717, 1.165) is 0 Å². The first-order valence-electron chi connectivity index (χ1n) is 6.30. The molecule has 0 bridgehead atoms. The van der Waals surface area contributed by atoms with Crippen molar-refractivity contribution in [1.29, 1.82) is 0 Å². The van der Waals surface area contributed by atoms with E-state index in [4.69, 9.17) is 25.9 Å². The van der Waals surface area contributed by atoms with E-state index in [9.17, 15) is 4.79 Å². The number of halogens is 1. The normalized spacial score (nSPS) is 11.1. The van der Waals surface area contributed by atoms with Crippen molar-refractivity contribution in [3.05, 3.63) is 33.6 Å². The molecule has 2 N–H and O–H groups in total. The zero-order valence-corrected chi connectivity index (χ0v) is 12.0. The Balaban J connectivity index is 2.68. The predicted octanol–water partition coefficient (Wildman–Crippen LogP) is 2.64. The summed E-state index contributed by atoms with van der Waals surface area (Å²) in [5.41, 5.74) is 0.339. The van der Waals surface area contributed by atoms with Gasteiger partial charge in [0.25, 0.3) is 0 Å². The molecule has 1 heterocycles. The second-order valence-corrected chi connectivity index (χ2v) is 4.99. The maximum absolute atomic E-state index is 12.0. The number of benzene rings is 1. The highest BCUT2D eigenvalue weighted by molar-refractivity contribution is 6.31. The number of hydrogen-bond acceptors (Lipinski definition) is 5. The summed E-state index contributed by atoms with van der Waals surface area (Å²) in [7, 11) is 0. The summed E-state index contributed by atoms with van der Waals surface area (Å²) in [5, 5.41) is 13.1. The Kier molecular flexibility index (Phi) is 4.52. The summed E-state index contributed by atoms with van der Waals surface area (Å²) < 4.78 is 10.8. The molecule has 6 heteroatoms. The fourth-order valence-electron chi connectivity index (χ4n) is 1.86. The van der Waals surface area contributed by atoms with Crippen molar-refractivity contribution in [3.63, 3.8) is 0 Å². The molecule has 0 aliphatic carbocycles. The molecule has 2 aromatic rings. The number of nitrogens with one attached hydrogen (secondary N) is 1. The lowest BCUT2D eigenvalue weighted by molar-refractivity contribution is 0.233. The predicted molar refractivity (Wildman–Crippen MR) is 78.8 cm³/mol. The smallest absolute Gasteiger partial charge is 0.381 e. The Morgan fingerprint density at radius 3 is 2.85 bits per heavy atom. The van der Waals surface area contributed by atoms with E-state index in [1.807, 2.05) is 13.8 Å². The third kappa shape index (κ3) is 3.05. The molecular formula is C14H16ClNO4. The maximum atomic E-state index is 12.0. The number of aliphatic hydroxyl groups is 1. The molecule has 0 atom stereocenters. The molecule has 0 saturated heterocycles. The van der Waals surface area contributed by atoms with Gasteiger partial charge in [-0.15, -0.1) is 0 Å². The Bertz CT molecular complexity index is 666. The molecule has 0 spiro atoms. The Morgan fingerprint density at radius 2 is 2.20 bits per heavy atom. The fraction of sp³-hybridized carbons (Fsp3) is 0.357. The minimum Gasteiger partial charge on any atom is -0.482 e. The molecule has 108 valence electrons. The van der Waals surface area contributed by atoms with Gasteiger partial charge in [0.15, 0.2) is 0 Å². The van der Waals surface area contributed by atoms with Gasteiger partial charge in [-0.1, -0.05) is 11.6 Å². The van der Waals surface area contributed by atoms with Gasteiger partial charge in [-0.05, 0) is 32.0 Å². The number of ether oxygens (including phenoxy) is 1. The van der Waals surface area contributed by atoms with E-state index in [-0.39, 0.29) is 18.5 Å². The molecule has 0 unspecified atom stereocenters. The quantitative estimate of drug-likeness (QED) is 0.830. The van der Waals surface area contributed by atoms with Crippen LogP contribution in [0.15, 0.2) is 27.4 Å². The van der Waals surface area contributed by atoms with Gasteiger partial charge in [-0.3, -0.25) is 0 Å². The van der Waals surface area contributed by atoms with Gasteiger partial charge in [0, 0.05) is 17.0 Å². The summed E-state index contributed by atoms with van der Waals surface area (Å²) in [6, 6.07) is 4.96. The van der Waals surface area contributed by atoms with E-state index in [2.05, 4.69) is 5.32 Å². The van der Waals surface area contributed by atoms with Crippen LogP contribution in [-0.4, -0.2) is 24.4 Å². The van der Waals surface area contributed by atoms with Gasteiger partial charge in [-0.25, -0.2) is 4.79 Å². The standard InChI is InChI=1S/C14H16ClNO4/c1-8(2)19-13-12(16-5-6-17)10-7-9(15)3-4-11(10)20-14(13)18/h3-4,7-8,16-17H,5-6H2,1-2H3. The summed E-state index contributed by atoms with van der Waals surface area (Å²) in [5.74, 6) is 0.100. The van der Waals surface area contributed by atoms with Gasteiger partial charge in [-0.2, -0.15) is 0 Å². The lowest BCUT2D eigenvalue weighted by Crippen LogP contribution is -2.17. The average molecular weight is 298 g/mol. The Labute approximate surface area is 121 Å². The van der Waals surface area contributed by atoms with E-state index in [1.54, 1.807) is 18.2 Å². The first-order valence-corrected chi connectivity index (χ1v) is 6.68. The van der Waals surface area contributed by atoms with Crippen LogP contribution in [0, 0.1) is 0 Å². The molecule has 1 aromatic heterocycles. The minimum atomic E-state index is -0.561. The van der Waals surface area contributed by atoms with Crippen LogP contribution in [0.3, 0.4) is 0 Å². The molecule has 0 fully saturated rings. The molecule has 5 nitrogen and oxygen atoms in total. The van der Waals surface area contributed by atoms with Gasteiger partial charge in [0.05, 0.1) is 18.4 Å². The van der Waals surface area contributed by atoms with E-state index >= 15 is 0 Å². The van der Waals surface area contributed by atoms with Crippen molar-refractivity contribution in [3.8, 4) is 5.75 Å². The lowest BCUT2D eigenvalue weighted by atomic mass is 10.2. The first-order chi connectivity index (χ1) is 9.52. The SMILES string of the molecule is CC(C)Oc1c(NCCO)c2cc(Cl)ccc2oc1=O. The number of anilines is 1. The highest BCUT2D eigenvalue weighted by Crippen LogP contribution is 2.32. The molecule has 0 aliphatic rings. The molecule has 0 radical (unpaired) electrons. The maximum Gasteiger partial charge on any atom is 0.381 e. The van der Waals surface area contributed by atoms with Crippen LogP contribution in [0.25, 0.3) is 11.0 Å². The molecule has 2 rings (SSSR count). The highest BCUT2D eigenvalue weighted by atomic mass is 35.5. The monoisotopic (exact) mass is 297 g/mol. The van der Waals surface area contributed by atoms with Crippen molar-refractivity contribution < 1.29 is 14.3 Å². The van der Waals surface area contributed by atoms with Crippen LogP contribution in [-0.2, 0) is 0 Å². The van der Waals surface area contributed by atoms with Gasteiger partial charge in [0.2, 0.25) is 5.75 Å². The number of aliphatic hydroxyl groups excluding tert-OH is 1. The van der Waals surface area contributed by atoms with E-state index in [0.29, 0.717) is 28.2 Å². The van der Waals surface area contributed by atoms with Gasteiger partial charge in [0.1, 0.15) is 5.58 Å². The average Bonchev–Trinajstić information content (AvgIpc) is 2.39. The zero-order chi connectivity index (χ0) is 14.7. The molecule has 20 heavy (non-hydrogen) atoms. The number of hydrogen-bond donors (Lipinski definition) is 2. The Hall–Kier alpha value is -1.72. The largest absolute Gasteiger partial charge is 0.482 e. The number of rotatable bonds is 5. The molecule has 0 aliphatic heterocycles. The van der Waals surface area contributed by atoms with Crippen LogP contribution in [0.5, 0.6) is 5.75 Å². The molecule has 0 saturated carbocycles. The zero-order valence-electron chi connectivity index (χ0n) is 11.3. The lowest BCUT2D eigenvalue weighted by Gasteiger charge is -2.15. The van der Waals surface area contributed by atoms with Crippen LogP contribution in [0.4, 0.5) is 5.69 Å². The number of fused-ring (bicyclic) bond motifs is 1. The minimum absolute atomic E-state index is 0.0661. The van der Waals surface area contributed by atoms with E-state index in [1.165, 1.54) is 0 Å². The molecule has 0 amide bonds. The topological polar surface area (TPSA) is 71.7 Å².